The van der Waals surface area contributed by atoms with Crippen LogP contribution < -0.4 is 4.74 Å². The Hall–Kier alpha value is -2.30. The van der Waals surface area contributed by atoms with Crippen LogP contribution in [0, 0.1) is 0 Å². The van der Waals surface area contributed by atoms with Crippen LogP contribution in [-0.2, 0) is 0 Å². The van der Waals surface area contributed by atoms with Gasteiger partial charge in [-0.1, -0.05) is 17.3 Å². The maximum atomic E-state index is 9.21. The molecule has 1 N–H and O–H groups in total. The monoisotopic (exact) mass is 229 g/mol. The third-order valence-electron chi connectivity index (χ3n) is 2.87. The van der Waals surface area contributed by atoms with E-state index in [1.165, 1.54) is 0 Å². The van der Waals surface area contributed by atoms with Crippen LogP contribution >= 0.6 is 0 Å². The van der Waals surface area contributed by atoms with Crippen molar-refractivity contribution in [2.45, 2.75) is 6.04 Å². The van der Waals surface area contributed by atoms with Gasteiger partial charge < -0.3 is 14.5 Å². The highest BCUT2D eigenvalue weighted by molar-refractivity contribution is 6.06. The molecule has 0 saturated carbocycles. The van der Waals surface area contributed by atoms with E-state index in [-0.39, 0.29) is 6.04 Å². The molecule has 5 nitrogen and oxygen atoms in total. The highest BCUT2D eigenvalue weighted by atomic mass is 16.5. The normalized spacial score (nSPS) is 20.9. The minimum Gasteiger partial charge on any atom is -0.490 e. The first-order valence-electron chi connectivity index (χ1n) is 5.32. The largest absolute Gasteiger partial charge is 0.490 e. The van der Waals surface area contributed by atoms with Gasteiger partial charge in [0.15, 0.2) is 0 Å². The molecule has 0 spiro atoms. The summed E-state index contributed by atoms with van der Waals surface area (Å²) >= 11 is 0. The smallest absolute Gasteiger partial charge is 0.128 e. The number of ether oxygens (including phenoxy) is 1. The van der Waals surface area contributed by atoms with Crippen LogP contribution in [0.25, 0.3) is 0 Å². The van der Waals surface area contributed by atoms with Crippen molar-refractivity contribution in [1.29, 1.82) is 0 Å². The van der Waals surface area contributed by atoms with Crippen LogP contribution in [0.5, 0.6) is 5.75 Å². The molecular weight excluding hydrogens is 218 g/mol. The van der Waals surface area contributed by atoms with Crippen molar-refractivity contribution in [1.82, 2.24) is 9.55 Å². The van der Waals surface area contributed by atoms with E-state index in [1.807, 2.05) is 35.0 Å². The topological polar surface area (TPSA) is 59.6 Å². The van der Waals surface area contributed by atoms with Gasteiger partial charge in [-0.05, 0) is 12.1 Å². The standard InChI is InChI=1S/C12H11N3O2/c16-14-12-9-3-1-2-4-11(9)17-7-10(12)15-6-5-13-8-15/h1-6,8,10,16H,7H2/b14-12+. The van der Waals surface area contributed by atoms with Crippen molar-refractivity contribution >= 4 is 5.71 Å². The quantitative estimate of drug-likeness (QED) is 0.598. The lowest BCUT2D eigenvalue weighted by Gasteiger charge is -2.26. The minimum absolute atomic E-state index is 0.141. The van der Waals surface area contributed by atoms with E-state index < -0.39 is 0 Å². The lowest BCUT2D eigenvalue weighted by molar-refractivity contribution is 0.261. The van der Waals surface area contributed by atoms with E-state index in [0.717, 1.165) is 11.3 Å². The van der Waals surface area contributed by atoms with Gasteiger partial charge in [-0.2, -0.15) is 0 Å². The fraction of sp³-hybridized carbons (Fsp3) is 0.167. The van der Waals surface area contributed by atoms with Crippen molar-refractivity contribution in [2.75, 3.05) is 6.61 Å². The lowest BCUT2D eigenvalue weighted by Crippen LogP contribution is -2.30. The number of fused-ring (bicyclic) bond motifs is 1. The Morgan fingerprint density at radius 2 is 2.29 bits per heavy atom. The molecule has 0 aliphatic carbocycles. The summed E-state index contributed by atoms with van der Waals surface area (Å²) < 4.78 is 7.52. The van der Waals surface area contributed by atoms with Crippen LogP contribution in [0.1, 0.15) is 11.6 Å². The van der Waals surface area contributed by atoms with E-state index in [1.54, 1.807) is 12.5 Å². The number of oxime groups is 1. The van der Waals surface area contributed by atoms with Gasteiger partial charge in [-0.3, -0.25) is 0 Å². The summed E-state index contributed by atoms with van der Waals surface area (Å²) in [5, 5.41) is 12.6. The van der Waals surface area contributed by atoms with E-state index in [2.05, 4.69) is 10.1 Å². The molecular formula is C12H11N3O2. The zero-order valence-corrected chi connectivity index (χ0v) is 9.02. The third kappa shape index (κ3) is 1.56. The van der Waals surface area contributed by atoms with Gasteiger partial charge in [-0.15, -0.1) is 0 Å². The number of hydrogen-bond acceptors (Lipinski definition) is 4. The van der Waals surface area contributed by atoms with Crippen molar-refractivity contribution in [2.24, 2.45) is 5.16 Å². The fourth-order valence-corrected chi connectivity index (χ4v) is 2.03. The minimum atomic E-state index is -0.141. The molecule has 1 aliphatic rings. The number of aromatic nitrogens is 2. The number of hydrogen-bond donors (Lipinski definition) is 1. The molecule has 0 radical (unpaired) electrons. The molecule has 2 aromatic rings. The molecule has 5 heteroatoms. The van der Waals surface area contributed by atoms with E-state index in [0.29, 0.717) is 12.3 Å². The van der Waals surface area contributed by atoms with Crippen LogP contribution in [0.3, 0.4) is 0 Å². The van der Waals surface area contributed by atoms with Crippen LogP contribution in [0.4, 0.5) is 0 Å². The second kappa shape index (κ2) is 3.93. The molecule has 1 atom stereocenters. The molecule has 2 heterocycles. The number of rotatable bonds is 1. The summed E-state index contributed by atoms with van der Waals surface area (Å²) in [6.07, 6.45) is 5.20. The maximum Gasteiger partial charge on any atom is 0.128 e. The highest BCUT2D eigenvalue weighted by Crippen LogP contribution is 2.29. The predicted octanol–water partition coefficient (Wildman–Crippen LogP) is 1.70. The second-order valence-electron chi connectivity index (χ2n) is 3.82. The number of para-hydroxylation sites is 1. The molecule has 1 aromatic carbocycles. The number of imidazole rings is 1. The van der Waals surface area contributed by atoms with Gasteiger partial charge >= 0.3 is 0 Å². The van der Waals surface area contributed by atoms with E-state index in [9.17, 15) is 5.21 Å². The van der Waals surface area contributed by atoms with Crippen molar-refractivity contribution in [3.05, 3.63) is 48.5 Å². The SMILES string of the molecule is O/N=C1\c2ccccc2OCC1n1ccnc1. The van der Waals surface area contributed by atoms with Crippen LogP contribution in [0.15, 0.2) is 48.1 Å². The Morgan fingerprint density at radius 3 is 3.06 bits per heavy atom. The molecule has 0 fully saturated rings. The van der Waals surface area contributed by atoms with Crippen LogP contribution in [-0.4, -0.2) is 27.1 Å². The molecule has 1 unspecified atom stereocenters. The second-order valence-corrected chi connectivity index (χ2v) is 3.82. The Kier molecular flexibility index (Phi) is 2.29. The molecule has 0 bridgehead atoms. The highest BCUT2D eigenvalue weighted by Gasteiger charge is 2.28. The first-order chi connectivity index (χ1) is 8.40. The Morgan fingerprint density at radius 1 is 1.41 bits per heavy atom. The average Bonchev–Trinajstić information content (AvgIpc) is 2.91. The predicted molar refractivity (Wildman–Crippen MR) is 61.5 cm³/mol. The van der Waals surface area contributed by atoms with Crippen molar-refractivity contribution in [3.8, 4) is 5.75 Å². The molecule has 3 rings (SSSR count). The zero-order valence-electron chi connectivity index (χ0n) is 9.02. The first kappa shape index (κ1) is 9.89. The summed E-state index contributed by atoms with van der Waals surface area (Å²) in [4.78, 5) is 3.99. The molecule has 1 aliphatic heterocycles. The Balaban J connectivity index is 2.07. The van der Waals surface area contributed by atoms with E-state index >= 15 is 0 Å². The number of nitrogens with zero attached hydrogens (tertiary/aromatic N) is 3. The van der Waals surface area contributed by atoms with Crippen molar-refractivity contribution < 1.29 is 9.94 Å². The molecule has 86 valence electrons. The van der Waals surface area contributed by atoms with Crippen LogP contribution in [0.2, 0.25) is 0 Å². The Labute approximate surface area is 98.0 Å². The lowest BCUT2D eigenvalue weighted by atomic mass is 10.00. The Bertz CT molecular complexity index is 549. The summed E-state index contributed by atoms with van der Waals surface area (Å²) in [6, 6.07) is 7.39. The summed E-state index contributed by atoms with van der Waals surface area (Å²) in [6.45, 7) is 0.437. The third-order valence-corrected chi connectivity index (χ3v) is 2.87. The molecule has 17 heavy (non-hydrogen) atoms. The summed E-state index contributed by atoms with van der Waals surface area (Å²) in [5.41, 5.74) is 1.42. The maximum absolute atomic E-state index is 9.21. The average molecular weight is 229 g/mol. The fourth-order valence-electron chi connectivity index (χ4n) is 2.03. The summed E-state index contributed by atoms with van der Waals surface area (Å²) in [5.74, 6) is 0.747. The molecule has 1 aromatic heterocycles. The van der Waals surface area contributed by atoms with Gasteiger partial charge in [0, 0.05) is 18.0 Å². The zero-order chi connectivity index (χ0) is 11.7. The van der Waals surface area contributed by atoms with E-state index in [4.69, 9.17) is 4.74 Å². The van der Waals surface area contributed by atoms with Gasteiger partial charge in [0.05, 0.1) is 6.33 Å². The number of benzene rings is 1. The molecule has 0 saturated heterocycles. The first-order valence-corrected chi connectivity index (χ1v) is 5.32. The van der Waals surface area contributed by atoms with Gasteiger partial charge in [0.2, 0.25) is 0 Å². The van der Waals surface area contributed by atoms with Gasteiger partial charge in [0.1, 0.15) is 24.1 Å². The summed E-state index contributed by atoms with van der Waals surface area (Å²) in [7, 11) is 0. The van der Waals surface area contributed by atoms with Gasteiger partial charge in [-0.25, -0.2) is 4.98 Å². The van der Waals surface area contributed by atoms with Gasteiger partial charge in [0.25, 0.3) is 0 Å². The van der Waals surface area contributed by atoms with Crippen molar-refractivity contribution in [3.63, 3.8) is 0 Å². The molecule has 0 amide bonds.